The molecule has 0 bridgehead atoms. The first-order chi connectivity index (χ1) is 20.2. The van der Waals surface area contributed by atoms with E-state index in [1.807, 2.05) is 18.3 Å². The third-order valence-electron chi connectivity index (χ3n) is 8.53. The molecule has 6 aromatic carbocycles. The number of aromatic nitrogens is 2. The summed E-state index contributed by atoms with van der Waals surface area (Å²) >= 11 is 0. The number of para-hydroxylation sites is 3. The van der Waals surface area contributed by atoms with Crippen molar-refractivity contribution in [2.24, 2.45) is 0 Å². The smallest absolute Gasteiger partial charge is 0.135 e. The second-order valence-corrected chi connectivity index (χ2v) is 10.9. The summed E-state index contributed by atoms with van der Waals surface area (Å²) < 4.78 is 8.51. The predicted octanol–water partition coefficient (Wildman–Crippen LogP) is 10.4. The Morgan fingerprint density at radius 3 is 2.27 bits per heavy atom. The highest BCUT2D eigenvalue weighted by Gasteiger charge is 2.18. The topological polar surface area (TPSA) is 31.0 Å². The van der Waals surface area contributed by atoms with Gasteiger partial charge < -0.3 is 8.98 Å². The summed E-state index contributed by atoms with van der Waals surface area (Å²) in [6.07, 6.45) is 1.94. The average Bonchev–Trinajstić information content (AvgIpc) is 3.55. The highest BCUT2D eigenvalue weighted by atomic mass is 16.3. The van der Waals surface area contributed by atoms with E-state index < -0.39 is 0 Å². The minimum Gasteiger partial charge on any atom is -0.456 e. The molecule has 0 aliphatic carbocycles. The number of fused-ring (bicyclic) bond motifs is 9. The maximum atomic E-state index is 6.14. The van der Waals surface area contributed by atoms with E-state index in [-0.39, 0.29) is 0 Å². The molecule has 0 aliphatic rings. The second kappa shape index (κ2) is 8.30. The molecule has 0 fully saturated rings. The minimum atomic E-state index is 0.908. The third kappa shape index (κ3) is 3.17. The average molecular weight is 525 g/mol. The molecule has 41 heavy (non-hydrogen) atoms. The van der Waals surface area contributed by atoms with E-state index >= 15 is 0 Å². The van der Waals surface area contributed by atoms with Crippen LogP contribution >= 0.6 is 0 Å². The lowest BCUT2D eigenvalue weighted by atomic mass is 9.92. The number of furan rings is 1. The fraction of sp³-hybridized carbons (Fsp3) is 0.0263. The second-order valence-electron chi connectivity index (χ2n) is 10.9. The van der Waals surface area contributed by atoms with E-state index in [1.54, 1.807) is 0 Å². The number of rotatable bonds is 2. The van der Waals surface area contributed by atoms with Crippen molar-refractivity contribution in [3.63, 3.8) is 0 Å². The van der Waals surface area contributed by atoms with E-state index in [0.717, 1.165) is 38.5 Å². The van der Waals surface area contributed by atoms with Crippen molar-refractivity contribution in [2.75, 3.05) is 0 Å². The van der Waals surface area contributed by atoms with Gasteiger partial charge in [-0.15, -0.1) is 0 Å². The van der Waals surface area contributed by atoms with E-state index in [4.69, 9.17) is 9.40 Å². The minimum absolute atomic E-state index is 0.908. The Balaban J connectivity index is 1.41. The van der Waals surface area contributed by atoms with Gasteiger partial charge in [-0.05, 0) is 89.7 Å². The van der Waals surface area contributed by atoms with Gasteiger partial charge in [-0.3, -0.25) is 4.98 Å². The van der Waals surface area contributed by atoms with Crippen molar-refractivity contribution in [3.05, 3.63) is 133 Å². The molecule has 0 aliphatic heterocycles. The Hall–Kier alpha value is -5.41. The van der Waals surface area contributed by atoms with Crippen LogP contribution in [0.2, 0.25) is 0 Å². The van der Waals surface area contributed by atoms with Crippen LogP contribution in [0.15, 0.2) is 132 Å². The molecule has 0 unspecified atom stereocenters. The van der Waals surface area contributed by atoms with Crippen molar-refractivity contribution in [1.29, 1.82) is 0 Å². The standard InChI is InChI=1S/C38H24N2O/c1-23-17-18-39-38-30-22-34-31(27-11-5-7-13-33(27)40(34)26-9-3-2-4-10-26)21-25(30)20-29(37(23)38)24-15-16-36-32(19-24)28-12-6-8-14-35(28)41-36/h2-22H,1H3. The Bertz CT molecular complexity index is 2480. The van der Waals surface area contributed by atoms with Crippen molar-refractivity contribution in [1.82, 2.24) is 9.55 Å². The van der Waals surface area contributed by atoms with Gasteiger partial charge in [-0.25, -0.2) is 0 Å². The highest BCUT2D eigenvalue weighted by Crippen LogP contribution is 2.41. The SMILES string of the molecule is Cc1ccnc2c1c(-c1ccc3oc4ccccc4c3c1)cc1cc3c4ccccc4n(-c4ccccc4)c3cc12. The van der Waals surface area contributed by atoms with Crippen LogP contribution in [-0.4, -0.2) is 9.55 Å². The molecule has 3 heteroatoms. The first-order valence-corrected chi connectivity index (χ1v) is 14.0. The number of pyridine rings is 1. The number of nitrogens with zero attached hydrogens (tertiary/aromatic N) is 2. The van der Waals surface area contributed by atoms with Crippen LogP contribution < -0.4 is 0 Å². The first-order valence-electron chi connectivity index (χ1n) is 14.0. The Kier molecular flexibility index (Phi) is 4.53. The molecule has 3 nitrogen and oxygen atoms in total. The lowest BCUT2D eigenvalue weighted by molar-refractivity contribution is 0.669. The molecule has 0 saturated carbocycles. The predicted molar refractivity (Wildman–Crippen MR) is 171 cm³/mol. The van der Waals surface area contributed by atoms with Gasteiger partial charge >= 0.3 is 0 Å². The molecule has 9 rings (SSSR count). The Morgan fingerprint density at radius 2 is 1.37 bits per heavy atom. The third-order valence-corrected chi connectivity index (χ3v) is 8.53. The summed E-state index contributed by atoms with van der Waals surface area (Å²) in [5, 5.41) is 8.30. The van der Waals surface area contributed by atoms with Gasteiger partial charge in [0.25, 0.3) is 0 Å². The molecule has 0 radical (unpaired) electrons. The van der Waals surface area contributed by atoms with Crippen LogP contribution in [0.4, 0.5) is 0 Å². The fourth-order valence-corrected chi connectivity index (χ4v) is 6.66. The fourth-order valence-electron chi connectivity index (χ4n) is 6.66. The quantitative estimate of drug-likeness (QED) is 0.211. The lowest BCUT2D eigenvalue weighted by Gasteiger charge is -2.14. The van der Waals surface area contributed by atoms with Crippen LogP contribution in [-0.2, 0) is 0 Å². The van der Waals surface area contributed by atoms with E-state index in [9.17, 15) is 0 Å². The molecular formula is C38H24N2O. The molecule has 0 spiro atoms. The van der Waals surface area contributed by atoms with Crippen molar-refractivity contribution in [2.45, 2.75) is 6.92 Å². The Morgan fingerprint density at radius 1 is 0.585 bits per heavy atom. The maximum Gasteiger partial charge on any atom is 0.135 e. The molecule has 0 atom stereocenters. The van der Waals surface area contributed by atoms with Crippen LogP contribution in [0.25, 0.3) is 82.2 Å². The monoisotopic (exact) mass is 524 g/mol. The van der Waals surface area contributed by atoms with Crippen LogP contribution in [0.3, 0.4) is 0 Å². The zero-order valence-corrected chi connectivity index (χ0v) is 22.4. The first kappa shape index (κ1) is 22.4. The number of hydrogen-bond donors (Lipinski definition) is 0. The molecule has 0 amide bonds. The van der Waals surface area contributed by atoms with E-state index in [0.29, 0.717) is 0 Å². The molecule has 192 valence electrons. The zero-order chi connectivity index (χ0) is 27.1. The lowest BCUT2D eigenvalue weighted by Crippen LogP contribution is -1.94. The summed E-state index contributed by atoms with van der Waals surface area (Å²) in [5.74, 6) is 0. The molecule has 3 aromatic heterocycles. The van der Waals surface area contributed by atoms with E-state index in [2.05, 4.69) is 121 Å². The summed E-state index contributed by atoms with van der Waals surface area (Å²) in [6, 6.07) is 43.3. The summed E-state index contributed by atoms with van der Waals surface area (Å²) in [5.41, 5.74) is 9.97. The maximum absolute atomic E-state index is 6.14. The van der Waals surface area contributed by atoms with Crippen molar-refractivity contribution >= 4 is 65.4 Å². The van der Waals surface area contributed by atoms with Crippen molar-refractivity contribution < 1.29 is 4.42 Å². The number of hydrogen-bond acceptors (Lipinski definition) is 2. The molecular weight excluding hydrogens is 500 g/mol. The summed E-state index contributed by atoms with van der Waals surface area (Å²) in [6.45, 7) is 2.19. The molecule has 3 heterocycles. The number of benzene rings is 6. The van der Waals surface area contributed by atoms with Crippen LogP contribution in [0, 0.1) is 6.92 Å². The van der Waals surface area contributed by atoms with Gasteiger partial charge in [0.15, 0.2) is 0 Å². The van der Waals surface area contributed by atoms with Crippen LogP contribution in [0.5, 0.6) is 0 Å². The van der Waals surface area contributed by atoms with Gasteiger partial charge in [0.2, 0.25) is 0 Å². The summed E-state index contributed by atoms with van der Waals surface area (Å²) in [4.78, 5) is 4.99. The normalized spacial score (nSPS) is 12.0. The van der Waals surface area contributed by atoms with Gasteiger partial charge in [-0.1, -0.05) is 60.7 Å². The van der Waals surface area contributed by atoms with Gasteiger partial charge in [0.1, 0.15) is 11.2 Å². The molecule has 0 N–H and O–H groups in total. The highest BCUT2D eigenvalue weighted by molar-refractivity contribution is 6.20. The largest absolute Gasteiger partial charge is 0.456 e. The van der Waals surface area contributed by atoms with Gasteiger partial charge in [-0.2, -0.15) is 0 Å². The molecule has 9 aromatic rings. The summed E-state index contributed by atoms with van der Waals surface area (Å²) in [7, 11) is 0. The number of aryl methyl sites for hydroxylation is 1. The zero-order valence-electron chi connectivity index (χ0n) is 22.4. The molecule has 0 saturated heterocycles. The van der Waals surface area contributed by atoms with E-state index in [1.165, 1.54) is 49.3 Å². The van der Waals surface area contributed by atoms with Crippen molar-refractivity contribution in [3.8, 4) is 16.8 Å². The van der Waals surface area contributed by atoms with Gasteiger partial charge in [0, 0.05) is 44.2 Å². The van der Waals surface area contributed by atoms with Crippen LogP contribution in [0.1, 0.15) is 5.56 Å². The van der Waals surface area contributed by atoms with Gasteiger partial charge in [0.05, 0.1) is 16.6 Å². The Labute approximate surface area is 235 Å².